The molecule has 0 aliphatic rings. The zero-order valence-corrected chi connectivity index (χ0v) is 13.2. The Kier molecular flexibility index (Phi) is 3.68. The largest absolute Gasteiger partial charge is 0.416 e. The van der Waals surface area contributed by atoms with Gasteiger partial charge in [0, 0.05) is 15.6 Å². The number of nitrogens with zero attached hydrogens (tertiary/aromatic N) is 1. The Hall–Kier alpha value is -1.88. The molecule has 0 aliphatic carbocycles. The van der Waals surface area contributed by atoms with Crippen molar-refractivity contribution in [3.05, 3.63) is 64.3 Å². The Balaban J connectivity index is 2.17. The molecule has 5 heteroatoms. The molecule has 0 amide bonds. The van der Waals surface area contributed by atoms with E-state index < -0.39 is 11.7 Å². The van der Waals surface area contributed by atoms with Crippen LogP contribution in [0.2, 0.25) is 0 Å². The minimum atomic E-state index is -4.32. The highest BCUT2D eigenvalue weighted by Crippen LogP contribution is 2.33. The van der Waals surface area contributed by atoms with E-state index in [-0.39, 0.29) is 0 Å². The van der Waals surface area contributed by atoms with Crippen LogP contribution in [0.5, 0.6) is 0 Å². The Morgan fingerprint density at radius 2 is 1.64 bits per heavy atom. The van der Waals surface area contributed by atoms with Gasteiger partial charge in [-0.25, -0.2) is 0 Å². The summed E-state index contributed by atoms with van der Waals surface area (Å²) >= 11 is 3.40. The summed E-state index contributed by atoms with van der Waals surface area (Å²) in [6.07, 6.45) is -4.32. The van der Waals surface area contributed by atoms with Gasteiger partial charge < -0.3 is 0 Å². The minimum Gasteiger partial charge on any atom is -0.253 e. The molecule has 0 radical (unpaired) electrons. The first kappa shape index (κ1) is 15.0. The topological polar surface area (TPSA) is 12.9 Å². The minimum absolute atomic E-state index is 0.644. The van der Waals surface area contributed by atoms with E-state index in [2.05, 4.69) is 20.9 Å². The lowest BCUT2D eigenvalue weighted by Crippen LogP contribution is -2.04. The molecule has 0 atom stereocenters. The first-order chi connectivity index (χ1) is 10.3. The highest BCUT2D eigenvalue weighted by atomic mass is 79.9. The molecule has 0 fully saturated rings. The van der Waals surface area contributed by atoms with E-state index in [4.69, 9.17) is 0 Å². The van der Waals surface area contributed by atoms with Crippen LogP contribution in [0.3, 0.4) is 0 Å². The van der Waals surface area contributed by atoms with E-state index in [9.17, 15) is 13.2 Å². The quantitative estimate of drug-likeness (QED) is 0.515. The maximum Gasteiger partial charge on any atom is 0.416 e. The number of rotatable bonds is 1. The van der Waals surface area contributed by atoms with Crippen molar-refractivity contribution in [2.75, 3.05) is 0 Å². The third-order valence-electron chi connectivity index (χ3n) is 3.42. The summed E-state index contributed by atoms with van der Waals surface area (Å²) < 4.78 is 38.9. The van der Waals surface area contributed by atoms with Crippen molar-refractivity contribution in [3.63, 3.8) is 0 Å². The third-order valence-corrected chi connectivity index (χ3v) is 3.92. The highest BCUT2D eigenvalue weighted by Gasteiger charge is 2.30. The van der Waals surface area contributed by atoms with Crippen LogP contribution in [-0.4, -0.2) is 4.98 Å². The second-order valence-electron chi connectivity index (χ2n) is 5.05. The molecular formula is C17H11BrF3N. The first-order valence-electron chi connectivity index (χ1n) is 6.59. The van der Waals surface area contributed by atoms with Crippen LogP contribution in [0.15, 0.2) is 53.0 Å². The molecule has 0 saturated heterocycles. The van der Waals surface area contributed by atoms with Gasteiger partial charge in [0.2, 0.25) is 0 Å². The van der Waals surface area contributed by atoms with Crippen LogP contribution in [-0.2, 0) is 6.18 Å². The van der Waals surface area contributed by atoms with Gasteiger partial charge in [-0.3, -0.25) is 4.98 Å². The van der Waals surface area contributed by atoms with Gasteiger partial charge in [0.05, 0.1) is 11.1 Å². The first-order valence-corrected chi connectivity index (χ1v) is 7.38. The summed E-state index contributed by atoms with van der Waals surface area (Å²) in [6, 6.07) is 12.8. The lowest BCUT2D eigenvalue weighted by atomic mass is 9.99. The lowest BCUT2D eigenvalue weighted by Gasteiger charge is -2.11. The standard InChI is InChI=1S/C17H11BrF3N/c1-10-8-15(14-7-6-13(18)9-16(14)22-10)11-2-4-12(5-3-11)17(19,20)21/h2-9H,1H3. The number of aryl methyl sites for hydroxylation is 1. The van der Waals surface area contributed by atoms with Gasteiger partial charge in [0.15, 0.2) is 0 Å². The second kappa shape index (κ2) is 5.39. The molecule has 0 bridgehead atoms. The Morgan fingerprint density at radius 3 is 2.27 bits per heavy atom. The number of hydrogen-bond donors (Lipinski definition) is 0. The van der Waals surface area contributed by atoms with Crippen LogP contribution in [0.25, 0.3) is 22.0 Å². The molecule has 1 heterocycles. The predicted molar refractivity (Wildman–Crippen MR) is 84.6 cm³/mol. The zero-order chi connectivity index (χ0) is 15.9. The third kappa shape index (κ3) is 2.86. The fourth-order valence-electron chi connectivity index (χ4n) is 2.41. The second-order valence-corrected chi connectivity index (χ2v) is 5.96. The molecular weight excluding hydrogens is 355 g/mol. The Morgan fingerprint density at radius 1 is 0.955 bits per heavy atom. The van der Waals surface area contributed by atoms with Gasteiger partial charge in [-0.2, -0.15) is 13.2 Å². The average Bonchev–Trinajstić information content (AvgIpc) is 2.45. The molecule has 2 aromatic carbocycles. The summed E-state index contributed by atoms with van der Waals surface area (Å²) in [5.41, 5.74) is 2.60. The number of pyridine rings is 1. The average molecular weight is 366 g/mol. The molecule has 0 spiro atoms. The SMILES string of the molecule is Cc1cc(-c2ccc(C(F)(F)F)cc2)c2ccc(Br)cc2n1. The van der Waals surface area contributed by atoms with Gasteiger partial charge >= 0.3 is 6.18 Å². The fraction of sp³-hybridized carbons (Fsp3) is 0.118. The van der Waals surface area contributed by atoms with Gasteiger partial charge in [0.25, 0.3) is 0 Å². The van der Waals surface area contributed by atoms with Gasteiger partial charge in [0.1, 0.15) is 0 Å². The molecule has 3 rings (SSSR count). The number of aromatic nitrogens is 1. The van der Waals surface area contributed by atoms with Gasteiger partial charge in [-0.05, 0) is 48.4 Å². The molecule has 22 heavy (non-hydrogen) atoms. The fourth-order valence-corrected chi connectivity index (χ4v) is 2.76. The molecule has 1 aromatic heterocycles. The van der Waals surface area contributed by atoms with Crippen LogP contribution in [0.1, 0.15) is 11.3 Å². The summed E-state index contributed by atoms with van der Waals surface area (Å²) in [5, 5.41) is 0.911. The van der Waals surface area contributed by atoms with E-state index in [0.717, 1.165) is 44.3 Å². The van der Waals surface area contributed by atoms with Crippen molar-refractivity contribution in [1.29, 1.82) is 0 Å². The maximum atomic E-state index is 12.7. The number of fused-ring (bicyclic) bond motifs is 1. The number of halogens is 4. The van der Waals surface area contributed by atoms with Crippen LogP contribution in [0, 0.1) is 6.92 Å². The number of hydrogen-bond acceptors (Lipinski definition) is 1. The lowest BCUT2D eigenvalue weighted by molar-refractivity contribution is -0.137. The molecule has 0 aliphatic heterocycles. The van der Waals surface area contributed by atoms with Gasteiger partial charge in [-0.15, -0.1) is 0 Å². The number of alkyl halides is 3. The van der Waals surface area contributed by atoms with Crippen molar-refractivity contribution in [1.82, 2.24) is 4.98 Å². The Bertz CT molecular complexity index is 834. The summed E-state index contributed by atoms with van der Waals surface area (Å²) in [6.45, 7) is 1.87. The zero-order valence-electron chi connectivity index (χ0n) is 11.6. The number of benzene rings is 2. The molecule has 112 valence electrons. The van der Waals surface area contributed by atoms with Crippen molar-refractivity contribution in [3.8, 4) is 11.1 Å². The predicted octanol–water partition coefficient (Wildman–Crippen LogP) is 5.99. The van der Waals surface area contributed by atoms with Crippen molar-refractivity contribution in [2.24, 2.45) is 0 Å². The van der Waals surface area contributed by atoms with E-state index in [1.807, 2.05) is 31.2 Å². The molecule has 0 N–H and O–H groups in total. The summed E-state index contributed by atoms with van der Waals surface area (Å²) in [5.74, 6) is 0. The van der Waals surface area contributed by atoms with E-state index in [1.54, 1.807) is 0 Å². The molecule has 3 aromatic rings. The summed E-state index contributed by atoms with van der Waals surface area (Å²) in [4.78, 5) is 4.47. The monoisotopic (exact) mass is 365 g/mol. The summed E-state index contributed by atoms with van der Waals surface area (Å²) in [7, 11) is 0. The van der Waals surface area contributed by atoms with Crippen LogP contribution < -0.4 is 0 Å². The maximum absolute atomic E-state index is 12.7. The molecule has 1 nitrogen and oxygen atoms in total. The van der Waals surface area contributed by atoms with E-state index in [0.29, 0.717) is 0 Å². The Labute approximate surface area is 133 Å². The van der Waals surface area contributed by atoms with Crippen LogP contribution >= 0.6 is 15.9 Å². The van der Waals surface area contributed by atoms with E-state index >= 15 is 0 Å². The van der Waals surface area contributed by atoms with Crippen molar-refractivity contribution in [2.45, 2.75) is 13.1 Å². The van der Waals surface area contributed by atoms with E-state index in [1.165, 1.54) is 12.1 Å². The van der Waals surface area contributed by atoms with Gasteiger partial charge in [-0.1, -0.05) is 34.1 Å². The van der Waals surface area contributed by atoms with Crippen LogP contribution in [0.4, 0.5) is 13.2 Å². The smallest absolute Gasteiger partial charge is 0.253 e. The normalized spacial score (nSPS) is 11.9. The van der Waals surface area contributed by atoms with Crippen molar-refractivity contribution < 1.29 is 13.2 Å². The molecule has 0 saturated carbocycles. The van der Waals surface area contributed by atoms with Crippen molar-refractivity contribution >= 4 is 26.8 Å². The molecule has 0 unspecified atom stereocenters. The highest BCUT2D eigenvalue weighted by molar-refractivity contribution is 9.10.